The van der Waals surface area contributed by atoms with Gasteiger partial charge < -0.3 is 19.4 Å². The molecule has 1 aromatic carbocycles. The zero-order chi connectivity index (χ0) is 22.1. The number of nitrogens with one attached hydrogen (secondary N) is 1. The number of fused-ring (bicyclic) bond motifs is 1. The quantitative estimate of drug-likeness (QED) is 0.648. The molecule has 1 aliphatic carbocycles. The minimum Gasteiger partial charge on any atom is -0.487 e. The Hall–Kier alpha value is -3.35. The summed E-state index contributed by atoms with van der Waals surface area (Å²) < 4.78 is 7.87. The number of amides is 2. The minimum absolute atomic E-state index is 0.00780. The number of carbonyl (C=O) groups excluding carboxylic acids is 2. The molecule has 2 aliphatic rings. The molecular formula is C25H28N4O3. The highest BCUT2D eigenvalue weighted by Crippen LogP contribution is 2.24. The predicted molar refractivity (Wildman–Crippen MR) is 120 cm³/mol. The molecule has 2 fully saturated rings. The third-order valence-corrected chi connectivity index (χ3v) is 6.29. The van der Waals surface area contributed by atoms with Crippen molar-refractivity contribution in [2.75, 3.05) is 13.1 Å². The van der Waals surface area contributed by atoms with Crippen LogP contribution in [0.3, 0.4) is 0 Å². The van der Waals surface area contributed by atoms with Crippen LogP contribution in [0.15, 0.2) is 48.8 Å². The van der Waals surface area contributed by atoms with Crippen LogP contribution in [0.5, 0.6) is 5.75 Å². The number of benzene rings is 1. The van der Waals surface area contributed by atoms with Crippen molar-refractivity contribution in [1.82, 2.24) is 19.6 Å². The number of hydrogen-bond donors (Lipinski definition) is 1. The summed E-state index contributed by atoms with van der Waals surface area (Å²) in [5.74, 6) is 0.889. The summed E-state index contributed by atoms with van der Waals surface area (Å²) in [6.45, 7) is 3.64. The largest absolute Gasteiger partial charge is 0.487 e. The first-order valence-electron chi connectivity index (χ1n) is 11.3. The lowest BCUT2D eigenvalue weighted by Crippen LogP contribution is -2.43. The van der Waals surface area contributed by atoms with Gasteiger partial charge in [-0.3, -0.25) is 9.59 Å². The van der Waals surface area contributed by atoms with Crippen molar-refractivity contribution in [3.05, 3.63) is 65.6 Å². The van der Waals surface area contributed by atoms with Gasteiger partial charge in [0.2, 0.25) is 5.91 Å². The van der Waals surface area contributed by atoms with Crippen LogP contribution in [0.4, 0.5) is 0 Å². The number of piperidine rings is 1. The second kappa shape index (κ2) is 8.65. The van der Waals surface area contributed by atoms with Gasteiger partial charge in [-0.25, -0.2) is 4.98 Å². The van der Waals surface area contributed by atoms with Crippen LogP contribution in [0.25, 0.3) is 5.65 Å². The molecule has 0 bridgehead atoms. The Morgan fingerprint density at radius 3 is 2.53 bits per heavy atom. The fourth-order valence-corrected chi connectivity index (χ4v) is 4.20. The maximum Gasteiger partial charge on any atom is 0.253 e. The van der Waals surface area contributed by atoms with Gasteiger partial charge in [0, 0.05) is 43.0 Å². The van der Waals surface area contributed by atoms with E-state index in [9.17, 15) is 9.59 Å². The zero-order valence-electron chi connectivity index (χ0n) is 18.3. The molecule has 7 heteroatoms. The van der Waals surface area contributed by atoms with Gasteiger partial charge >= 0.3 is 0 Å². The van der Waals surface area contributed by atoms with Crippen LogP contribution in [0.1, 0.15) is 47.3 Å². The van der Waals surface area contributed by atoms with Crippen molar-refractivity contribution in [2.24, 2.45) is 5.92 Å². The second-order valence-corrected chi connectivity index (χ2v) is 8.82. The van der Waals surface area contributed by atoms with E-state index in [0.717, 1.165) is 42.6 Å². The first-order chi connectivity index (χ1) is 15.6. The topological polar surface area (TPSA) is 75.9 Å². The Balaban J connectivity index is 1.14. The molecule has 7 nitrogen and oxygen atoms in total. The Kier molecular flexibility index (Phi) is 5.55. The molecule has 5 rings (SSSR count). The molecule has 166 valence electrons. The molecule has 2 aromatic heterocycles. The third-order valence-electron chi connectivity index (χ3n) is 6.29. The van der Waals surface area contributed by atoms with E-state index in [1.165, 1.54) is 0 Å². The van der Waals surface area contributed by atoms with Crippen molar-refractivity contribution < 1.29 is 14.3 Å². The number of carbonyl (C=O) groups is 2. The molecule has 0 spiro atoms. The average Bonchev–Trinajstić information content (AvgIpc) is 3.53. The van der Waals surface area contributed by atoms with Crippen LogP contribution < -0.4 is 10.1 Å². The standard InChI is InChI=1S/C25H28N4O3/c1-17-3-2-12-29-15-21(26-23(17)29)16-32-22-8-4-19(5-9-22)25(31)28-13-10-18(11-14-28)24(30)27-20-6-7-20/h2-5,8-9,12,15,18,20H,6-7,10-11,13-14,16H2,1H3,(H,27,30). The normalized spacial score (nSPS) is 16.8. The minimum atomic E-state index is 0.00780. The van der Waals surface area contributed by atoms with E-state index in [4.69, 9.17) is 4.74 Å². The molecule has 1 saturated carbocycles. The van der Waals surface area contributed by atoms with Crippen molar-refractivity contribution in [3.63, 3.8) is 0 Å². The van der Waals surface area contributed by atoms with E-state index in [1.807, 2.05) is 52.9 Å². The van der Waals surface area contributed by atoms with E-state index in [0.29, 0.717) is 37.1 Å². The number of aryl methyl sites for hydroxylation is 1. The molecule has 0 atom stereocenters. The Labute approximate surface area is 187 Å². The molecular weight excluding hydrogens is 404 g/mol. The van der Waals surface area contributed by atoms with Gasteiger partial charge in [-0.05, 0) is 68.5 Å². The molecule has 32 heavy (non-hydrogen) atoms. The Morgan fingerprint density at radius 2 is 1.84 bits per heavy atom. The maximum absolute atomic E-state index is 12.9. The molecule has 1 saturated heterocycles. The fraction of sp³-hybridized carbons (Fsp3) is 0.400. The lowest BCUT2D eigenvalue weighted by molar-refractivity contribution is -0.126. The van der Waals surface area contributed by atoms with Crippen LogP contribution in [-0.4, -0.2) is 45.2 Å². The monoisotopic (exact) mass is 432 g/mol. The summed E-state index contributed by atoms with van der Waals surface area (Å²) in [6, 6.07) is 11.7. The molecule has 1 aliphatic heterocycles. The highest BCUT2D eigenvalue weighted by molar-refractivity contribution is 5.94. The van der Waals surface area contributed by atoms with Crippen molar-refractivity contribution >= 4 is 17.5 Å². The SMILES string of the molecule is Cc1cccn2cc(COc3ccc(C(=O)N4CCC(C(=O)NC5CC5)CC4)cc3)nc12. The summed E-state index contributed by atoms with van der Waals surface area (Å²) in [4.78, 5) is 31.6. The molecule has 3 heterocycles. The van der Waals surface area contributed by atoms with Gasteiger partial charge in [0.05, 0.1) is 5.69 Å². The fourth-order valence-electron chi connectivity index (χ4n) is 4.20. The van der Waals surface area contributed by atoms with E-state index in [-0.39, 0.29) is 17.7 Å². The molecule has 2 amide bonds. The summed E-state index contributed by atoms with van der Waals surface area (Å²) in [7, 11) is 0. The van der Waals surface area contributed by atoms with Crippen molar-refractivity contribution in [1.29, 1.82) is 0 Å². The predicted octanol–water partition coefficient (Wildman–Crippen LogP) is 3.35. The lowest BCUT2D eigenvalue weighted by atomic mass is 9.95. The molecule has 3 aromatic rings. The number of aromatic nitrogens is 2. The zero-order valence-corrected chi connectivity index (χ0v) is 18.3. The number of hydrogen-bond acceptors (Lipinski definition) is 4. The van der Waals surface area contributed by atoms with Crippen molar-refractivity contribution in [3.8, 4) is 5.75 Å². The van der Waals surface area contributed by atoms with E-state index in [1.54, 1.807) is 12.1 Å². The number of imidazole rings is 1. The van der Waals surface area contributed by atoms with Gasteiger partial charge in [-0.15, -0.1) is 0 Å². The van der Waals surface area contributed by atoms with Gasteiger partial charge in [-0.1, -0.05) is 6.07 Å². The number of likely N-dealkylation sites (tertiary alicyclic amines) is 1. The number of ether oxygens (including phenoxy) is 1. The number of rotatable bonds is 6. The van der Waals surface area contributed by atoms with E-state index >= 15 is 0 Å². The number of nitrogens with zero attached hydrogens (tertiary/aromatic N) is 3. The van der Waals surface area contributed by atoms with Gasteiger partial charge in [0.25, 0.3) is 5.91 Å². The van der Waals surface area contributed by atoms with Crippen molar-refractivity contribution in [2.45, 2.75) is 45.3 Å². The highest BCUT2D eigenvalue weighted by atomic mass is 16.5. The Morgan fingerprint density at radius 1 is 1.09 bits per heavy atom. The summed E-state index contributed by atoms with van der Waals surface area (Å²) in [5, 5.41) is 3.08. The van der Waals surface area contributed by atoms with Crippen LogP contribution in [0.2, 0.25) is 0 Å². The Bertz CT molecular complexity index is 1130. The molecule has 0 unspecified atom stereocenters. The summed E-state index contributed by atoms with van der Waals surface area (Å²) in [6.07, 6.45) is 7.59. The maximum atomic E-state index is 12.9. The van der Waals surface area contributed by atoms with Gasteiger partial charge in [0.15, 0.2) is 0 Å². The van der Waals surface area contributed by atoms with Gasteiger partial charge in [0.1, 0.15) is 18.0 Å². The highest BCUT2D eigenvalue weighted by Gasteiger charge is 2.31. The van der Waals surface area contributed by atoms with E-state index < -0.39 is 0 Å². The summed E-state index contributed by atoms with van der Waals surface area (Å²) in [5.41, 5.74) is 3.55. The van der Waals surface area contributed by atoms with Gasteiger partial charge in [-0.2, -0.15) is 0 Å². The van der Waals surface area contributed by atoms with Crippen LogP contribution in [0, 0.1) is 12.8 Å². The first kappa shape index (κ1) is 20.5. The van der Waals surface area contributed by atoms with E-state index in [2.05, 4.69) is 10.3 Å². The van der Waals surface area contributed by atoms with Crippen LogP contribution in [-0.2, 0) is 11.4 Å². The second-order valence-electron chi connectivity index (χ2n) is 8.82. The van der Waals surface area contributed by atoms with Crippen LogP contribution >= 0.6 is 0 Å². The average molecular weight is 433 g/mol. The first-order valence-corrected chi connectivity index (χ1v) is 11.3. The smallest absolute Gasteiger partial charge is 0.253 e. The molecule has 1 N–H and O–H groups in total. The lowest BCUT2D eigenvalue weighted by Gasteiger charge is -2.31. The third kappa shape index (κ3) is 4.47. The number of pyridine rings is 1. The molecule has 0 radical (unpaired) electrons. The summed E-state index contributed by atoms with van der Waals surface area (Å²) >= 11 is 0.